The van der Waals surface area contributed by atoms with Gasteiger partial charge in [0.2, 0.25) is 5.91 Å². The molecular weight excluding hydrogens is 228 g/mol. The number of carbonyl (C=O) groups excluding carboxylic acids is 1. The first-order valence-corrected chi connectivity index (χ1v) is 6.27. The first kappa shape index (κ1) is 12.9. The van der Waals surface area contributed by atoms with Crippen LogP contribution >= 0.6 is 0 Å². The highest BCUT2D eigenvalue weighted by Gasteiger charge is 2.50. The van der Waals surface area contributed by atoms with Crippen LogP contribution in [0.25, 0.3) is 0 Å². The van der Waals surface area contributed by atoms with Gasteiger partial charge >= 0.3 is 0 Å². The van der Waals surface area contributed by atoms with Gasteiger partial charge in [-0.25, -0.2) is 0 Å². The lowest BCUT2D eigenvalue weighted by Crippen LogP contribution is -2.18. The summed E-state index contributed by atoms with van der Waals surface area (Å²) in [5, 5.41) is 2.93. The number of hydrogen-bond donors (Lipinski definition) is 2. The van der Waals surface area contributed by atoms with Crippen molar-refractivity contribution in [2.45, 2.75) is 20.3 Å². The maximum Gasteiger partial charge on any atom is 0.228 e. The molecule has 0 spiro atoms. The molecule has 0 bridgehead atoms. The second-order valence-corrected chi connectivity index (χ2v) is 5.37. The third-order valence-corrected chi connectivity index (χ3v) is 3.35. The van der Waals surface area contributed by atoms with E-state index in [4.69, 9.17) is 10.5 Å². The van der Waals surface area contributed by atoms with E-state index in [1.165, 1.54) is 0 Å². The number of amides is 1. The summed E-state index contributed by atoms with van der Waals surface area (Å²) in [6, 6.07) is 7.44. The molecule has 1 atom stereocenters. The lowest BCUT2D eigenvalue weighted by Gasteiger charge is -2.12. The van der Waals surface area contributed by atoms with Crippen LogP contribution in [0.4, 0.5) is 5.69 Å². The van der Waals surface area contributed by atoms with Gasteiger partial charge in [0.25, 0.3) is 0 Å². The Balaban J connectivity index is 2.02. The highest BCUT2D eigenvalue weighted by Crippen LogP contribution is 2.52. The normalized spacial score (nSPS) is 20.3. The maximum absolute atomic E-state index is 12.0. The zero-order chi connectivity index (χ0) is 13.2. The zero-order valence-corrected chi connectivity index (χ0v) is 10.9. The molecule has 98 valence electrons. The molecule has 0 aliphatic heterocycles. The van der Waals surface area contributed by atoms with E-state index < -0.39 is 0 Å². The lowest BCUT2D eigenvalue weighted by atomic mass is 10.1. The van der Waals surface area contributed by atoms with E-state index in [0.29, 0.717) is 18.9 Å². The van der Waals surface area contributed by atoms with Gasteiger partial charge in [-0.2, -0.15) is 0 Å². The van der Waals surface area contributed by atoms with E-state index in [0.717, 1.165) is 12.1 Å². The highest BCUT2D eigenvalue weighted by molar-refractivity contribution is 5.96. The molecular formula is C14H20N2O2. The van der Waals surface area contributed by atoms with Gasteiger partial charge in [0, 0.05) is 12.5 Å². The summed E-state index contributed by atoms with van der Waals surface area (Å²) in [4.78, 5) is 12.0. The van der Waals surface area contributed by atoms with Gasteiger partial charge in [0.15, 0.2) is 0 Å². The molecule has 1 aromatic rings. The van der Waals surface area contributed by atoms with Gasteiger partial charge in [-0.15, -0.1) is 0 Å². The summed E-state index contributed by atoms with van der Waals surface area (Å²) in [5.74, 6) is 0.860. The van der Waals surface area contributed by atoms with Gasteiger partial charge in [0.1, 0.15) is 12.4 Å². The first-order valence-electron chi connectivity index (χ1n) is 6.27. The number of benzene rings is 1. The van der Waals surface area contributed by atoms with Crippen molar-refractivity contribution >= 4 is 11.6 Å². The molecule has 1 aromatic carbocycles. The molecule has 4 heteroatoms. The van der Waals surface area contributed by atoms with Crippen molar-refractivity contribution in [2.24, 2.45) is 17.1 Å². The number of ether oxygens (including phenoxy) is 1. The Labute approximate surface area is 108 Å². The number of para-hydroxylation sites is 2. The smallest absolute Gasteiger partial charge is 0.228 e. The number of hydrogen-bond acceptors (Lipinski definition) is 3. The predicted molar refractivity (Wildman–Crippen MR) is 71.5 cm³/mol. The molecule has 1 unspecified atom stereocenters. The number of nitrogens with one attached hydrogen (secondary N) is 1. The van der Waals surface area contributed by atoms with Crippen LogP contribution < -0.4 is 15.8 Å². The molecule has 1 saturated carbocycles. The van der Waals surface area contributed by atoms with Crippen LogP contribution in [0.5, 0.6) is 5.75 Å². The molecule has 2 rings (SSSR count). The minimum absolute atomic E-state index is 0.0730. The van der Waals surface area contributed by atoms with Crippen LogP contribution in [0, 0.1) is 11.3 Å². The molecule has 3 N–H and O–H groups in total. The number of nitrogens with two attached hydrogens (primary N) is 1. The zero-order valence-electron chi connectivity index (χ0n) is 10.9. The molecule has 0 heterocycles. The monoisotopic (exact) mass is 248 g/mol. The molecule has 1 amide bonds. The SMILES string of the molecule is CC1(C)CC1C(=O)Nc1ccccc1OCCN. The summed E-state index contributed by atoms with van der Waals surface area (Å²) in [6.45, 7) is 5.11. The molecule has 1 aliphatic rings. The Morgan fingerprint density at radius 1 is 1.50 bits per heavy atom. The van der Waals surface area contributed by atoms with Crippen molar-refractivity contribution in [3.8, 4) is 5.75 Å². The van der Waals surface area contributed by atoms with E-state index >= 15 is 0 Å². The first-order chi connectivity index (χ1) is 8.54. The van der Waals surface area contributed by atoms with Gasteiger partial charge in [0.05, 0.1) is 5.69 Å². The summed E-state index contributed by atoms with van der Waals surface area (Å²) < 4.78 is 5.50. The number of carbonyl (C=O) groups is 1. The average molecular weight is 248 g/mol. The molecule has 0 aromatic heterocycles. The molecule has 1 aliphatic carbocycles. The Hall–Kier alpha value is -1.55. The summed E-state index contributed by atoms with van der Waals surface area (Å²) >= 11 is 0. The molecule has 0 saturated heterocycles. The molecule has 4 nitrogen and oxygen atoms in total. The van der Waals surface area contributed by atoms with Gasteiger partial charge in [-0.05, 0) is 24.0 Å². The molecule has 18 heavy (non-hydrogen) atoms. The minimum atomic E-state index is 0.0730. The van der Waals surface area contributed by atoms with E-state index in [9.17, 15) is 4.79 Å². The van der Waals surface area contributed by atoms with E-state index in [2.05, 4.69) is 19.2 Å². The van der Waals surface area contributed by atoms with E-state index in [-0.39, 0.29) is 17.2 Å². The maximum atomic E-state index is 12.0. The second-order valence-electron chi connectivity index (χ2n) is 5.37. The fourth-order valence-corrected chi connectivity index (χ4v) is 2.00. The predicted octanol–water partition coefficient (Wildman–Crippen LogP) is 2.01. The summed E-state index contributed by atoms with van der Waals surface area (Å²) in [6.07, 6.45) is 0.949. The van der Waals surface area contributed by atoms with Gasteiger partial charge in [-0.3, -0.25) is 4.79 Å². The Morgan fingerprint density at radius 2 is 2.17 bits per heavy atom. The largest absolute Gasteiger partial charge is 0.490 e. The van der Waals surface area contributed by atoms with Gasteiger partial charge < -0.3 is 15.8 Å². The average Bonchev–Trinajstić information content (AvgIpc) is 2.97. The van der Waals surface area contributed by atoms with Crippen molar-refractivity contribution in [1.82, 2.24) is 0 Å². The Bertz CT molecular complexity index is 443. The van der Waals surface area contributed by atoms with Crippen molar-refractivity contribution in [3.63, 3.8) is 0 Å². The van der Waals surface area contributed by atoms with Crippen molar-refractivity contribution in [2.75, 3.05) is 18.5 Å². The van der Waals surface area contributed by atoms with Crippen molar-refractivity contribution < 1.29 is 9.53 Å². The summed E-state index contributed by atoms with van der Waals surface area (Å²) in [7, 11) is 0. The van der Waals surface area contributed by atoms with Crippen LogP contribution in [0.1, 0.15) is 20.3 Å². The third kappa shape index (κ3) is 2.82. The molecule has 0 radical (unpaired) electrons. The van der Waals surface area contributed by atoms with Gasteiger partial charge in [-0.1, -0.05) is 26.0 Å². The van der Waals surface area contributed by atoms with E-state index in [1.807, 2.05) is 24.3 Å². The fourth-order valence-electron chi connectivity index (χ4n) is 2.00. The van der Waals surface area contributed by atoms with E-state index in [1.54, 1.807) is 0 Å². The quantitative estimate of drug-likeness (QED) is 0.837. The van der Waals surface area contributed by atoms with Crippen molar-refractivity contribution in [1.29, 1.82) is 0 Å². The second kappa shape index (κ2) is 4.98. The fraction of sp³-hybridized carbons (Fsp3) is 0.500. The highest BCUT2D eigenvalue weighted by atomic mass is 16.5. The third-order valence-electron chi connectivity index (χ3n) is 3.35. The minimum Gasteiger partial charge on any atom is -0.490 e. The number of anilines is 1. The van der Waals surface area contributed by atoms with Crippen molar-refractivity contribution in [3.05, 3.63) is 24.3 Å². The molecule has 1 fully saturated rings. The van der Waals surface area contributed by atoms with Crippen LogP contribution in [0.2, 0.25) is 0 Å². The topological polar surface area (TPSA) is 64.3 Å². The van der Waals surface area contributed by atoms with Crippen LogP contribution in [-0.4, -0.2) is 19.1 Å². The standard InChI is InChI=1S/C14H20N2O2/c1-14(2)9-10(14)13(17)16-11-5-3-4-6-12(11)18-8-7-15/h3-6,10H,7-9,15H2,1-2H3,(H,16,17). The summed E-state index contributed by atoms with van der Waals surface area (Å²) in [5.41, 5.74) is 6.27. The number of rotatable bonds is 5. The lowest BCUT2D eigenvalue weighted by molar-refractivity contribution is -0.118. The Morgan fingerprint density at radius 3 is 2.78 bits per heavy atom. The van der Waals surface area contributed by atoms with Crippen LogP contribution in [-0.2, 0) is 4.79 Å². The van der Waals surface area contributed by atoms with Crippen LogP contribution in [0.3, 0.4) is 0 Å². The van der Waals surface area contributed by atoms with Crippen LogP contribution in [0.15, 0.2) is 24.3 Å². The Kier molecular flexibility index (Phi) is 3.57.